The normalized spacial score (nSPS) is 12.4. The van der Waals surface area contributed by atoms with Gasteiger partial charge in [0.25, 0.3) is 0 Å². The summed E-state index contributed by atoms with van der Waals surface area (Å²) in [6, 6.07) is 10.3. The van der Waals surface area contributed by atoms with Crippen LogP contribution in [-0.2, 0) is 0 Å². The van der Waals surface area contributed by atoms with Crippen LogP contribution in [0.2, 0.25) is 10.0 Å². The van der Waals surface area contributed by atoms with Crippen LogP contribution in [-0.4, -0.2) is 6.54 Å². The van der Waals surface area contributed by atoms with Crippen molar-refractivity contribution in [3.63, 3.8) is 0 Å². The minimum absolute atomic E-state index is 0.271. The lowest BCUT2D eigenvalue weighted by molar-refractivity contribution is 0.555. The van der Waals surface area contributed by atoms with Crippen LogP contribution >= 0.6 is 39.1 Å². The smallest absolute Gasteiger partial charge is 0.142 e. The summed E-state index contributed by atoms with van der Waals surface area (Å²) in [5.41, 5.74) is 1.44. The Morgan fingerprint density at radius 2 is 1.95 bits per heavy atom. The lowest BCUT2D eigenvalue weighted by Crippen LogP contribution is -2.23. The molecular weight excluding hydrogens is 364 g/mol. The molecule has 0 saturated carbocycles. The fraction of sp³-hybridized carbons (Fsp3) is 0.200. The van der Waals surface area contributed by atoms with E-state index in [9.17, 15) is 4.39 Å². The molecule has 0 fully saturated rings. The summed E-state index contributed by atoms with van der Waals surface area (Å²) >= 11 is 15.2. The van der Waals surface area contributed by atoms with E-state index in [1.807, 2.05) is 19.1 Å². The zero-order valence-electron chi connectivity index (χ0n) is 10.8. The molecule has 2 rings (SSSR count). The molecule has 0 bridgehead atoms. The first kappa shape index (κ1) is 15.8. The third-order valence-corrected chi connectivity index (χ3v) is 4.33. The highest BCUT2D eigenvalue weighted by atomic mass is 79.9. The largest absolute Gasteiger partial charge is 0.306 e. The van der Waals surface area contributed by atoms with Crippen LogP contribution in [0.1, 0.15) is 24.1 Å². The molecule has 0 aliphatic rings. The van der Waals surface area contributed by atoms with E-state index in [1.165, 1.54) is 0 Å². The summed E-state index contributed by atoms with van der Waals surface area (Å²) in [7, 11) is 0. The second-order valence-corrected chi connectivity index (χ2v) is 5.98. The lowest BCUT2D eigenvalue weighted by atomic mass is 9.98. The summed E-state index contributed by atoms with van der Waals surface area (Å²) in [6.07, 6.45) is 0. The maximum atomic E-state index is 14.3. The van der Waals surface area contributed by atoms with E-state index < -0.39 is 0 Å². The molecule has 5 heteroatoms. The second kappa shape index (κ2) is 6.90. The highest BCUT2D eigenvalue weighted by Crippen LogP contribution is 2.31. The van der Waals surface area contributed by atoms with Gasteiger partial charge in [-0.3, -0.25) is 0 Å². The third-order valence-electron chi connectivity index (χ3n) is 2.98. The van der Waals surface area contributed by atoms with Crippen LogP contribution in [0.15, 0.2) is 40.9 Å². The van der Waals surface area contributed by atoms with Gasteiger partial charge in [0.05, 0.1) is 20.6 Å². The van der Waals surface area contributed by atoms with Gasteiger partial charge in [-0.15, -0.1) is 0 Å². The quantitative estimate of drug-likeness (QED) is 0.732. The maximum Gasteiger partial charge on any atom is 0.142 e. The molecule has 1 nitrogen and oxygen atoms in total. The molecule has 2 aromatic carbocycles. The van der Waals surface area contributed by atoms with Gasteiger partial charge in [-0.05, 0) is 46.2 Å². The van der Waals surface area contributed by atoms with E-state index in [2.05, 4.69) is 21.2 Å². The van der Waals surface area contributed by atoms with Gasteiger partial charge in [0, 0.05) is 5.56 Å². The summed E-state index contributed by atoms with van der Waals surface area (Å²) in [5.74, 6) is -0.274. The van der Waals surface area contributed by atoms with Gasteiger partial charge in [0.1, 0.15) is 5.82 Å². The van der Waals surface area contributed by atoms with Gasteiger partial charge >= 0.3 is 0 Å². The van der Waals surface area contributed by atoms with Gasteiger partial charge < -0.3 is 5.32 Å². The lowest BCUT2D eigenvalue weighted by Gasteiger charge is -2.20. The van der Waals surface area contributed by atoms with Crippen molar-refractivity contribution in [3.8, 4) is 0 Å². The highest BCUT2D eigenvalue weighted by molar-refractivity contribution is 9.10. The first-order valence-electron chi connectivity index (χ1n) is 6.16. The Labute approximate surface area is 136 Å². The molecule has 0 saturated heterocycles. The van der Waals surface area contributed by atoms with Crippen molar-refractivity contribution in [2.24, 2.45) is 0 Å². The zero-order valence-corrected chi connectivity index (χ0v) is 13.9. The molecule has 2 aromatic rings. The van der Waals surface area contributed by atoms with Crippen molar-refractivity contribution in [1.29, 1.82) is 0 Å². The van der Waals surface area contributed by atoms with Crippen LogP contribution in [0.5, 0.6) is 0 Å². The Balaban J connectivity index is 2.50. The van der Waals surface area contributed by atoms with Crippen LogP contribution < -0.4 is 5.32 Å². The Morgan fingerprint density at radius 1 is 1.20 bits per heavy atom. The van der Waals surface area contributed by atoms with E-state index in [0.717, 1.165) is 5.56 Å². The molecule has 0 aliphatic heterocycles. The van der Waals surface area contributed by atoms with Crippen molar-refractivity contribution in [1.82, 2.24) is 5.32 Å². The molecule has 1 N–H and O–H groups in total. The molecular formula is C15H13BrCl2FN. The minimum Gasteiger partial charge on any atom is -0.306 e. The van der Waals surface area contributed by atoms with Gasteiger partial charge in [-0.1, -0.05) is 48.3 Å². The van der Waals surface area contributed by atoms with Crippen LogP contribution in [0.4, 0.5) is 4.39 Å². The van der Waals surface area contributed by atoms with Gasteiger partial charge in [0.15, 0.2) is 0 Å². The fourth-order valence-electron chi connectivity index (χ4n) is 2.05. The van der Waals surface area contributed by atoms with Crippen molar-refractivity contribution >= 4 is 39.1 Å². The fourth-order valence-corrected chi connectivity index (χ4v) is 2.73. The van der Waals surface area contributed by atoms with E-state index in [0.29, 0.717) is 26.6 Å². The summed E-state index contributed by atoms with van der Waals surface area (Å²) in [4.78, 5) is 0. The average molecular weight is 377 g/mol. The van der Waals surface area contributed by atoms with Gasteiger partial charge in [-0.2, -0.15) is 0 Å². The van der Waals surface area contributed by atoms with E-state index >= 15 is 0 Å². The van der Waals surface area contributed by atoms with Crippen molar-refractivity contribution in [2.45, 2.75) is 13.0 Å². The topological polar surface area (TPSA) is 12.0 Å². The maximum absolute atomic E-state index is 14.3. The first-order chi connectivity index (χ1) is 9.54. The van der Waals surface area contributed by atoms with Gasteiger partial charge in [-0.25, -0.2) is 4.39 Å². The molecule has 1 atom stereocenters. The molecule has 0 heterocycles. The molecule has 0 radical (unpaired) electrons. The number of rotatable bonds is 4. The van der Waals surface area contributed by atoms with Gasteiger partial charge in [0.2, 0.25) is 0 Å². The highest BCUT2D eigenvalue weighted by Gasteiger charge is 2.19. The first-order valence-corrected chi connectivity index (χ1v) is 7.71. The minimum atomic E-state index is -0.274. The zero-order chi connectivity index (χ0) is 14.7. The van der Waals surface area contributed by atoms with Crippen molar-refractivity contribution in [3.05, 3.63) is 67.9 Å². The number of halogens is 4. The number of hydrogen-bond acceptors (Lipinski definition) is 1. The molecule has 0 spiro atoms. The van der Waals surface area contributed by atoms with Crippen molar-refractivity contribution in [2.75, 3.05) is 6.54 Å². The molecule has 0 aliphatic carbocycles. The molecule has 0 amide bonds. The Kier molecular flexibility index (Phi) is 5.44. The van der Waals surface area contributed by atoms with Crippen molar-refractivity contribution < 1.29 is 4.39 Å². The number of hydrogen-bond donors (Lipinski definition) is 1. The molecule has 1 unspecified atom stereocenters. The van der Waals surface area contributed by atoms with E-state index in [4.69, 9.17) is 23.2 Å². The predicted molar refractivity (Wildman–Crippen MR) is 86.1 cm³/mol. The Morgan fingerprint density at radius 3 is 2.60 bits per heavy atom. The predicted octanol–water partition coefficient (Wildman–Crippen LogP) is 5.59. The number of nitrogens with one attached hydrogen (secondary N) is 1. The van der Waals surface area contributed by atoms with Crippen LogP contribution in [0.25, 0.3) is 0 Å². The Hall–Kier alpha value is -0.610. The Bertz CT molecular complexity index is 619. The molecule has 0 aromatic heterocycles. The molecule has 106 valence electrons. The van der Waals surface area contributed by atoms with Crippen LogP contribution in [0.3, 0.4) is 0 Å². The van der Waals surface area contributed by atoms with E-state index in [-0.39, 0.29) is 11.9 Å². The second-order valence-electron chi connectivity index (χ2n) is 4.31. The SMILES string of the molecule is CCNC(c1ccc(Cl)c(Cl)c1)c1cccc(Br)c1F. The van der Waals surface area contributed by atoms with Crippen LogP contribution in [0, 0.1) is 5.82 Å². The summed E-state index contributed by atoms with van der Waals surface area (Å²) in [5, 5.41) is 4.21. The molecule has 20 heavy (non-hydrogen) atoms. The number of benzene rings is 2. The monoisotopic (exact) mass is 375 g/mol. The average Bonchev–Trinajstić information content (AvgIpc) is 2.43. The summed E-state index contributed by atoms with van der Waals surface area (Å²) in [6.45, 7) is 2.68. The standard InChI is InChI=1S/C15H13BrCl2FN/c1-2-20-15(9-6-7-12(17)13(18)8-9)10-4-3-5-11(16)14(10)19/h3-8,15,20H,2H2,1H3. The third kappa shape index (κ3) is 3.34. The summed E-state index contributed by atoms with van der Waals surface area (Å²) < 4.78 is 14.7. The van der Waals surface area contributed by atoms with E-state index in [1.54, 1.807) is 24.3 Å².